The zero-order valence-corrected chi connectivity index (χ0v) is 7.22. The molecular formula is C8H14N2O. The van der Waals surface area contributed by atoms with Crippen molar-refractivity contribution in [3.63, 3.8) is 0 Å². The Kier molecular flexibility index (Phi) is 2.65. The molecule has 1 aromatic heterocycles. The number of nitrogens with zero attached hydrogens (tertiary/aromatic N) is 1. The molecule has 0 spiro atoms. The van der Waals surface area contributed by atoms with Gasteiger partial charge in [-0.15, -0.1) is 0 Å². The molecule has 0 fully saturated rings. The van der Waals surface area contributed by atoms with Crippen LogP contribution in [0.2, 0.25) is 0 Å². The average molecular weight is 154 g/mol. The van der Waals surface area contributed by atoms with E-state index in [0.29, 0.717) is 0 Å². The van der Waals surface area contributed by atoms with E-state index in [9.17, 15) is 0 Å². The van der Waals surface area contributed by atoms with Gasteiger partial charge < -0.3 is 9.84 Å². The fraction of sp³-hybridized carbons (Fsp3) is 0.625. The first-order chi connectivity index (χ1) is 5.24. The number of hydrogen-bond donors (Lipinski definition) is 1. The van der Waals surface area contributed by atoms with Crippen molar-refractivity contribution in [1.82, 2.24) is 10.5 Å². The van der Waals surface area contributed by atoms with Crippen LogP contribution in [0.25, 0.3) is 0 Å². The fourth-order valence-electron chi connectivity index (χ4n) is 1.00. The summed E-state index contributed by atoms with van der Waals surface area (Å²) in [7, 11) is 0. The van der Waals surface area contributed by atoms with Crippen molar-refractivity contribution in [2.24, 2.45) is 0 Å². The Hall–Kier alpha value is -0.830. The van der Waals surface area contributed by atoms with E-state index in [-0.39, 0.29) is 6.04 Å². The minimum absolute atomic E-state index is 0.289. The molecule has 0 saturated carbocycles. The molecule has 3 heteroatoms. The highest BCUT2D eigenvalue weighted by Gasteiger charge is 2.07. The largest absolute Gasteiger partial charge is 0.361 e. The molecule has 0 saturated heterocycles. The first-order valence-electron chi connectivity index (χ1n) is 3.90. The maximum atomic E-state index is 4.94. The molecule has 1 unspecified atom stereocenters. The molecule has 0 aliphatic carbocycles. The molecular weight excluding hydrogens is 140 g/mol. The number of aryl methyl sites for hydroxylation is 1. The Bertz CT molecular complexity index is 220. The molecule has 0 aliphatic heterocycles. The second-order valence-electron chi connectivity index (χ2n) is 2.64. The van der Waals surface area contributed by atoms with Crippen LogP contribution in [0, 0.1) is 6.92 Å². The zero-order valence-electron chi connectivity index (χ0n) is 7.22. The molecule has 0 radical (unpaired) electrons. The van der Waals surface area contributed by atoms with Gasteiger partial charge in [0.05, 0.1) is 6.04 Å². The minimum Gasteiger partial charge on any atom is -0.361 e. The molecule has 0 aromatic carbocycles. The van der Waals surface area contributed by atoms with Gasteiger partial charge in [-0.25, -0.2) is 0 Å². The summed E-state index contributed by atoms with van der Waals surface area (Å²) < 4.78 is 4.94. The van der Waals surface area contributed by atoms with Crippen molar-refractivity contribution in [3.8, 4) is 0 Å². The Morgan fingerprint density at radius 3 is 2.91 bits per heavy atom. The monoisotopic (exact) mass is 154 g/mol. The van der Waals surface area contributed by atoms with Crippen LogP contribution in [0.1, 0.15) is 31.3 Å². The van der Waals surface area contributed by atoms with Gasteiger partial charge >= 0.3 is 0 Å². The second-order valence-corrected chi connectivity index (χ2v) is 2.64. The Morgan fingerprint density at radius 1 is 1.73 bits per heavy atom. The van der Waals surface area contributed by atoms with Gasteiger partial charge in [-0.05, 0) is 20.4 Å². The minimum atomic E-state index is 0.289. The number of nitrogens with one attached hydrogen (secondary N) is 1. The van der Waals surface area contributed by atoms with E-state index in [1.165, 1.54) is 0 Å². The van der Waals surface area contributed by atoms with Crippen LogP contribution in [0.3, 0.4) is 0 Å². The van der Waals surface area contributed by atoms with Crippen LogP contribution >= 0.6 is 0 Å². The van der Waals surface area contributed by atoms with Crippen LogP contribution in [0.5, 0.6) is 0 Å². The van der Waals surface area contributed by atoms with Gasteiger partial charge in [-0.1, -0.05) is 12.1 Å². The summed E-state index contributed by atoms with van der Waals surface area (Å²) in [5, 5.41) is 7.15. The van der Waals surface area contributed by atoms with Gasteiger partial charge in [0.2, 0.25) is 0 Å². The van der Waals surface area contributed by atoms with Gasteiger partial charge in [0.15, 0.2) is 0 Å². The van der Waals surface area contributed by atoms with Crippen molar-refractivity contribution in [2.45, 2.75) is 26.8 Å². The maximum absolute atomic E-state index is 4.94. The van der Waals surface area contributed by atoms with Crippen LogP contribution in [-0.2, 0) is 0 Å². The molecule has 1 rings (SSSR count). The normalized spacial score (nSPS) is 13.4. The molecule has 11 heavy (non-hydrogen) atoms. The van der Waals surface area contributed by atoms with Crippen LogP contribution in [-0.4, -0.2) is 11.7 Å². The summed E-state index contributed by atoms with van der Waals surface area (Å²) >= 11 is 0. The highest BCUT2D eigenvalue weighted by atomic mass is 16.5. The molecule has 1 aromatic rings. The third-order valence-corrected chi connectivity index (χ3v) is 1.60. The van der Waals surface area contributed by atoms with Gasteiger partial charge in [-0.2, -0.15) is 0 Å². The lowest BCUT2D eigenvalue weighted by Crippen LogP contribution is -2.17. The van der Waals surface area contributed by atoms with E-state index in [1.807, 2.05) is 13.0 Å². The van der Waals surface area contributed by atoms with E-state index >= 15 is 0 Å². The molecule has 1 N–H and O–H groups in total. The van der Waals surface area contributed by atoms with Crippen LogP contribution < -0.4 is 5.32 Å². The SMILES string of the molecule is CCNC(C)c1cc(C)on1. The highest BCUT2D eigenvalue weighted by Crippen LogP contribution is 2.10. The molecule has 0 amide bonds. The van der Waals surface area contributed by atoms with Crippen molar-refractivity contribution in [3.05, 3.63) is 17.5 Å². The lowest BCUT2D eigenvalue weighted by Gasteiger charge is -2.06. The summed E-state index contributed by atoms with van der Waals surface area (Å²) in [5.74, 6) is 0.866. The van der Waals surface area contributed by atoms with Crippen LogP contribution in [0.4, 0.5) is 0 Å². The molecule has 1 heterocycles. The zero-order chi connectivity index (χ0) is 8.27. The van der Waals surface area contributed by atoms with Gasteiger partial charge in [-0.3, -0.25) is 0 Å². The predicted octanol–water partition coefficient (Wildman–Crippen LogP) is 1.65. The first-order valence-corrected chi connectivity index (χ1v) is 3.90. The number of hydrogen-bond acceptors (Lipinski definition) is 3. The number of rotatable bonds is 3. The summed E-state index contributed by atoms with van der Waals surface area (Å²) in [6.45, 7) is 6.99. The Labute approximate surface area is 66.8 Å². The fourth-order valence-corrected chi connectivity index (χ4v) is 1.00. The summed E-state index contributed by atoms with van der Waals surface area (Å²) in [5.41, 5.74) is 0.976. The van der Waals surface area contributed by atoms with E-state index < -0.39 is 0 Å². The quantitative estimate of drug-likeness (QED) is 0.719. The molecule has 0 bridgehead atoms. The Morgan fingerprint density at radius 2 is 2.45 bits per heavy atom. The highest BCUT2D eigenvalue weighted by molar-refractivity contribution is 5.07. The standard InChI is InChI=1S/C8H14N2O/c1-4-9-7(3)8-5-6(2)11-10-8/h5,7,9H,4H2,1-3H3. The molecule has 0 aliphatic rings. The van der Waals surface area contributed by atoms with E-state index in [0.717, 1.165) is 18.0 Å². The third-order valence-electron chi connectivity index (χ3n) is 1.60. The lowest BCUT2D eigenvalue weighted by molar-refractivity contribution is 0.381. The van der Waals surface area contributed by atoms with Crippen molar-refractivity contribution in [1.29, 1.82) is 0 Å². The lowest BCUT2D eigenvalue weighted by atomic mass is 10.2. The molecule has 1 atom stereocenters. The Balaban J connectivity index is 2.60. The van der Waals surface area contributed by atoms with Gasteiger partial charge in [0.25, 0.3) is 0 Å². The smallest absolute Gasteiger partial charge is 0.133 e. The summed E-state index contributed by atoms with van der Waals surface area (Å²) in [4.78, 5) is 0. The summed E-state index contributed by atoms with van der Waals surface area (Å²) in [6, 6.07) is 2.24. The molecule has 3 nitrogen and oxygen atoms in total. The average Bonchev–Trinajstić information content (AvgIpc) is 2.36. The molecule has 62 valence electrons. The van der Waals surface area contributed by atoms with Gasteiger partial charge in [0, 0.05) is 6.07 Å². The summed E-state index contributed by atoms with van der Waals surface area (Å²) in [6.07, 6.45) is 0. The second kappa shape index (κ2) is 3.53. The van der Waals surface area contributed by atoms with Crippen molar-refractivity contribution < 1.29 is 4.52 Å². The first kappa shape index (κ1) is 8.27. The maximum Gasteiger partial charge on any atom is 0.133 e. The van der Waals surface area contributed by atoms with Crippen molar-refractivity contribution >= 4 is 0 Å². The van der Waals surface area contributed by atoms with E-state index in [1.54, 1.807) is 0 Å². The van der Waals surface area contributed by atoms with Crippen molar-refractivity contribution in [2.75, 3.05) is 6.54 Å². The van der Waals surface area contributed by atoms with Gasteiger partial charge in [0.1, 0.15) is 11.5 Å². The third kappa shape index (κ3) is 2.05. The van der Waals surface area contributed by atoms with Crippen LogP contribution in [0.15, 0.2) is 10.6 Å². The predicted molar refractivity (Wildman–Crippen MR) is 43.3 cm³/mol. The topological polar surface area (TPSA) is 38.1 Å². The van der Waals surface area contributed by atoms with E-state index in [2.05, 4.69) is 24.3 Å². The number of aromatic nitrogens is 1. The van der Waals surface area contributed by atoms with E-state index in [4.69, 9.17) is 4.52 Å².